The highest BCUT2D eigenvalue weighted by atomic mass is 16.5. The number of hydrogen-bond donors (Lipinski definition) is 0. The maximum atomic E-state index is 5.27. The quantitative estimate of drug-likeness (QED) is 0.726. The van der Waals surface area contributed by atoms with Crippen LogP contribution in [0.15, 0.2) is 29.0 Å². The Morgan fingerprint density at radius 3 is 2.67 bits per heavy atom. The maximum absolute atomic E-state index is 5.27. The summed E-state index contributed by atoms with van der Waals surface area (Å²) < 4.78 is 5.27. The van der Waals surface area contributed by atoms with Gasteiger partial charge in [0.1, 0.15) is 12.0 Å². The van der Waals surface area contributed by atoms with Gasteiger partial charge in [0.25, 0.3) is 0 Å². The van der Waals surface area contributed by atoms with Gasteiger partial charge in [0.15, 0.2) is 0 Å². The van der Waals surface area contributed by atoms with Gasteiger partial charge in [-0.15, -0.1) is 0 Å². The van der Waals surface area contributed by atoms with Crippen LogP contribution in [-0.4, -0.2) is 29.2 Å². The summed E-state index contributed by atoms with van der Waals surface area (Å²) in [5, 5.41) is 4.32. The molecule has 3 rings (SSSR count). The Morgan fingerprint density at radius 1 is 1.17 bits per heavy atom. The Kier molecular flexibility index (Phi) is 5.72. The van der Waals surface area contributed by atoms with Crippen molar-refractivity contribution in [3.05, 3.63) is 41.2 Å². The third-order valence-electron chi connectivity index (χ3n) is 5.28. The lowest BCUT2D eigenvalue weighted by molar-refractivity contribution is 0.180. The van der Waals surface area contributed by atoms with E-state index >= 15 is 0 Å². The molecule has 1 aromatic carbocycles. The van der Waals surface area contributed by atoms with E-state index in [1.807, 2.05) is 0 Å². The lowest BCUT2D eigenvalue weighted by Crippen LogP contribution is -2.40. The average Bonchev–Trinajstić information content (AvgIpc) is 3.09. The summed E-state index contributed by atoms with van der Waals surface area (Å²) in [5.41, 5.74) is 6.55. The van der Waals surface area contributed by atoms with Gasteiger partial charge < -0.3 is 9.42 Å². The minimum atomic E-state index is 0.663. The van der Waals surface area contributed by atoms with Crippen LogP contribution in [0, 0.1) is 0 Å². The van der Waals surface area contributed by atoms with Crippen molar-refractivity contribution in [1.29, 1.82) is 0 Å². The predicted octanol–water partition coefficient (Wildman–Crippen LogP) is 4.88. The standard InChI is InChI=1S/C21H30N2O/c1-4-12-23(13-5-2)18-11-10-17-8-7-9-19(20(17)14-18)21-16(6-3)15-24-22-21/h7-9,15,18H,4-6,10-14H2,1-3H3. The van der Waals surface area contributed by atoms with Crippen molar-refractivity contribution in [2.75, 3.05) is 13.1 Å². The molecule has 1 aliphatic carbocycles. The normalized spacial score (nSPS) is 17.2. The molecule has 0 aliphatic heterocycles. The van der Waals surface area contributed by atoms with Crippen LogP contribution in [0.5, 0.6) is 0 Å². The molecule has 1 heterocycles. The van der Waals surface area contributed by atoms with Crippen molar-refractivity contribution in [3.63, 3.8) is 0 Å². The van der Waals surface area contributed by atoms with Crippen LogP contribution in [0.2, 0.25) is 0 Å². The van der Waals surface area contributed by atoms with Gasteiger partial charge in [0, 0.05) is 17.2 Å². The van der Waals surface area contributed by atoms with Gasteiger partial charge in [0.2, 0.25) is 0 Å². The van der Waals surface area contributed by atoms with Crippen molar-refractivity contribution < 1.29 is 4.52 Å². The zero-order chi connectivity index (χ0) is 16.9. The van der Waals surface area contributed by atoms with Gasteiger partial charge in [-0.2, -0.15) is 0 Å². The highest BCUT2D eigenvalue weighted by Gasteiger charge is 2.26. The van der Waals surface area contributed by atoms with Crippen molar-refractivity contribution in [2.24, 2.45) is 0 Å². The van der Waals surface area contributed by atoms with Crippen molar-refractivity contribution in [3.8, 4) is 11.3 Å². The van der Waals surface area contributed by atoms with Crippen LogP contribution < -0.4 is 0 Å². The molecule has 0 saturated carbocycles. The first-order valence-corrected chi connectivity index (χ1v) is 9.56. The minimum Gasteiger partial charge on any atom is -0.364 e. The van der Waals surface area contributed by atoms with Crippen LogP contribution >= 0.6 is 0 Å². The summed E-state index contributed by atoms with van der Waals surface area (Å²) in [5.74, 6) is 0. The Hall–Kier alpha value is -1.61. The number of benzene rings is 1. The first kappa shape index (κ1) is 17.2. The van der Waals surface area contributed by atoms with E-state index in [4.69, 9.17) is 4.52 Å². The largest absolute Gasteiger partial charge is 0.364 e. The van der Waals surface area contributed by atoms with E-state index in [2.05, 4.69) is 49.0 Å². The monoisotopic (exact) mass is 326 g/mol. The fourth-order valence-electron chi connectivity index (χ4n) is 4.08. The van der Waals surface area contributed by atoms with Crippen molar-refractivity contribution in [1.82, 2.24) is 10.1 Å². The van der Waals surface area contributed by atoms with Crippen LogP contribution in [0.3, 0.4) is 0 Å². The third kappa shape index (κ3) is 3.41. The second-order valence-corrected chi connectivity index (χ2v) is 6.92. The number of aryl methyl sites for hydroxylation is 2. The highest BCUT2D eigenvalue weighted by molar-refractivity contribution is 5.68. The molecular formula is C21H30N2O. The topological polar surface area (TPSA) is 29.3 Å². The maximum Gasteiger partial charge on any atom is 0.127 e. The number of rotatable bonds is 7. The van der Waals surface area contributed by atoms with E-state index in [0.29, 0.717) is 6.04 Å². The molecular weight excluding hydrogens is 296 g/mol. The molecule has 24 heavy (non-hydrogen) atoms. The Balaban J connectivity index is 1.92. The van der Waals surface area contributed by atoms with Gasteiger partial charge in [-0.1, -0.05) is 44.1 Å². The van der Waals surface area contributed by atoms with E-state index in [1.165, 1.54) is 61.0 Å². The van der Waals surface area contributed by atoms with Gasteiger partial charge in [0.05, 0.1) is 0 Å². The number of nitrogens with zero attached hydrogens (tertiary/aromatic N) is 2. The van der Waals surface area contributed by atoms with Gasteiger partial charge >= 0.3 is 0 Å². The summed E-state index contributed by atoms with van der Waals surface area (Å²) in [7, 11) is 0. The Bertz CT molecular complexity index is 656. The molecule has 1 aliphatic rings. The summed E-state index contributed by atoms with van der Waals surface area (Å²) in [4.78, 5) is 2.70. The van der Waals surface area contributed by atoms with Crippen LogP contribution in [-0.2, 0) is 19.3 Å². The Morgan fingerprint density at radius 2 is 1.96 bits per heavy atom. The van der Waals surface area contributed by atoms with Gasteiger partial charge in [-0.3, -0.25) is 0 Å². The molecule has 130 valence electrons. The molecule has 1 aromatic heterocycles. The van der Waals surface area contributed by atoms with E-state index < -0.39 is 0 Å². The molecule has 1 atom stereocenters. The summed E-state index contributed by atoms with van der Waals surface area (Å²) in [6.45, 7) is 9.15. The van der Waals surface area contributed by atoms with Crippen LogP contribution in [0.25, 0.3) is 11.3 Å². The number of aromatic nitrogens is 1. The predicted molar refractivity (Wildman–Crippen MR) is 99.3 cm³/mol. The third-order valence-corrected chi connectivity index (χ3v) is 5.28. The summed E-state index contributed by atoms with van der Waals surface area (Å²) >= 11 is 0. The first-order chi connectivity index (χ1) is 11.8. The second-order valence-electron chi connectivity index (χ2n) is 6.92. The molecule has 1 unspecified atom stereocenters. The van der Waals surface area contributed by atoms with E-state index in [0.717, 1.165) is 18.5 Å². The molecule has 0 amide bonds. The molecule has 0 saturated heterocycles. The first-order valence-electron chi connectivity index (χ1n) is 9.56. The zero-order valence-electron chi connectivity index (χ0n) is 15.3. The van der Waals surface area contributed by atoms with Crippen LogP contribution in [0.1, 0.15) is 56.7 Å². The Labute approximate surface area is 146 Å². The molecule has 0 radical (unpaired) electrons. The summed E-state index contributed by atoms with van der Waals surface area (Å²) in [6, 6.07) is 7.36. The van der Waals surface area contributed by atoms with Crippen molar-refractivity contribution in [2.45, 2.75) is 65.3 Å². The molecule has 3 heteroatoms. The van der Waals surface area contributed by atoms with E-state index in [1.54, 1.807) is 6.26 Å². The van der Waals surface area contributed by atoms with Gasteiger partial charge in [-0.25, -0.2) is 0 Å². The molecule has 0 fully saturated rings. The van der Waals surface area contributed by atoms with E-state index in [9.17, 15) is 0 Å². The SMILES string of the molecule is CCCN(CCC)C1CCc2cccc(-c3nocc3CC)c2C1. The van der Waals surface area contributed by atoms with E-state index in [-0.39, 0.29) is 0 Å². The lowest BCUT2D eigenvalue weighted by Gasteiger charge is -2.35. The highest BCUT2D eigenvalue weighted by Crippen LogP contribution is 2.34. The number of fused-ring (bicyclic) bond motifs is 1. The lowest BCUT2D eigenvalue weighted by atomic mass is 9.83. The zero-order valence-corrected chi connectivity index (χ0v) is 15.3. The average molecular weight is 326 g/mol. The molecule has 0 spiro atoms. The van der Waals surface area contributed by atoms with Gasteiger partial charge in [-0.05, 0) is 62.7 Å². The van der Waals surface area contributed by atoms with Crippen molar-refractivity contribution >= 4 is 0 Å². The summed E-state index contributed by atoms with van der Waals surface area (Å²) in [6.07, 6.45) is 8.82. The smallest absolute Gasteiger partial charge is 0.127 e. The fourth-order valence-corrected chi connectivity index (χ4v) is 4.08. The molecule has 0 bridgehead atoms. The minimum absolute atomic E-state index is 0.663. The fraction of sp³-hybridized carbons (Fsp3) is 0.571. The van der Waals surface area contributed by atoms with Crippen LogP contribution in [0.4, 0.5) is 0 Å². The second kappa shape index (κ2) is 7.98. The number of hydrogen-bond acceptors (Lipinski definition) is 3. The molecule has 2 aromatic rings. The molecule has 0 N–H and O–H groups in total. The molecule has 3 nitrogen and oxygen atoms in total.